The van der Waals surface area contributed by atoms with Crippen LogP contribution in [0.3, 0.4) is 0 Å². The molecule has 0 saturated heterocycles. The van der Waals surface area contributed by atoms with Crippen LogP contribution in [0.25, 0.3) is 0 Å². The minimum atomic E-state index is -3.66. The van der Waals surface area contributed by atoms with Crippen molar-refractivity contribution in [1.29, 1.82) is 0 Å². The lowest BCUT2D eigenvalue weighted by Gasteiger charge is -2.26. The summed E-state index contributed by atoms with van der Waals surface area (Å²) in [5, 5.41) is 0. The molecule has 7 heteroatoms. The number of hydrogen-bond acceptors (Lipinski definition) is 5. The molecule has 1 amide bonds. The van der Waals surface area contributed by atoms with Crippen molar-refractivity contribution in [3.8, 4) is 5.75 Å². The average Bonchev–Trinajstić information content (AvgIpc) is 3.37. The zero-order chi connectivity index (χ0) is 20.2. The molecule has 27 heavy (non-hydrogen) atoms. The van der Waals surface area contributed by atoms with Gasteiger partial charge in [-0.15, -0.1) is 0 Å². The van der Waals surface area contributed by atoms with Crippen molar-refractivity contribution in [2.75, 3.05) is 24.2 Å². The third-order valence-corrected chi connectivity index (χ3v) is 5.13. The maximum atomic E-state index is 12.7. The second-order valence-corrected chi connectivity index (χ2v) is 9.18. The topological polar surface area (TPSA) is 66.9 Å². The van der Waals surface area contributed by atoms with Crippen LogP contribution in [0.5, 0.6) is 5.75 Å². The van der Waals surface area contributed by atoms with E-state index in [1.807, 2.05) is 44.7 Å². The van der Waals surface area contributed by atoms with Crippen molar-refractivity contribution in [2.24, 2.45) is 5.92 Å². The zero-order valence-electron chi connectivity index (χ0n) is 17.1. The SMILES string of the molecule is CCN(CC)c1ccc(CN(C(=O)CC(C)C)C2CC2)c(OS(C)(=O)=O)c1. The van der Waals surface area contributed by atoms with E-state index in [0.29, 0.717) is 18.7 Å². The van der Waals surface area contributed by atoms with Crippen LogP contribution in [-0.2, 0) is 21.5 Å². The first-order chi connectivity index (χ1) is 12.6. The molecule has 2 rings (SSSR count). The van der Waals surface area contributed by atoms with Crippen molar-refractivity contribution in [3.63, 3.8) is 0 Å². The van der Waals surface area contributed by atoms with E-state index in [4.69, 9.17) is 4.18 Å². The first-order valence-electron chi connectivity index (χ1n) is 9.71. The van der Waals surface area contributed by atoms with Crippen LogP contribution >= 0.6 is 0 Å². The van der Waals surface area contributed by atoms with Gasteiger partial charge < -0.3 is 14.0 Å². The van der Waals surface area contributed by atoms with Gasteiger partial charge in [0.05, 0.1) is 6.26 Å². The number of carbonyl (C=O) groups excluding carboxylic acids is 1. The van der Waals surface area contributed by atoms with Gasteiger partial charge in [-0.2, -0.15) is 8.42 Å². The highest BCUT2D eigenvalue weighted by Gasteiger charge is 2.33. The van der Waals surface area contributed by atoms with Gasteiger partial charge in [-0.25, -0.2) is 0 Å². The quantitative estimate of drug-likeness (QED) is 0.567. The highest BCUT2D eigenvalue weighted by Crippen LogP contribution is 2.33. The number of amides is 1. The lowest BCUT2D eigenvalue weighted by atomic mass is 10.1. The summed E-state index contributed by atoms with van der Waals surface area (Å²) in [7, 11) is -3.66. The Labute approximate surface area is 163 Å². The highest BCUT2D eigenvalue weighted by molar-refractivity contribution is 7.86. The van der Waals surface area contributed by atoms with Gasteiger partial charge in [-0.3, -0.25) is 4.79 Å². The van der Waals surface area contributed by atoms with Crippen LogP contribution in [0.1, 0.15) is 52.5 Å². The van der Waals surface area contributed by atoms with Gasteiger partial charge in [0, 0.05) is 49.4 Å². The number of hydrogen-bond donors (Lipinski definition) is 0. The van der Waals surface area contributed by atoms with Crippen molar-refractivity contribution in [1.82, 2.24) is 4.90 Å². The summed E-state index contributed by atoms with van der Waals surface area (Å²) in [5.41, 5.74) is 1.63. The molecule has 1 aliphatic rings. The standard InChI is InChI=1S/C20H32N2O4S/c1-6-21(7-2)18-9-8-16(19(13-18)26-27(5,24)25)14-22(17-10-11-17)20(23)12-15(3)4/h8-9,13,15,17H,6-7,10-12,14H2,1-5H3. The predicted octanol–water partition coefficient (Wildman–Crippen LogP) is 3.41. The largest absolute Gasteiger partial charge is 0.382 e. The molecular weight excluding hydrogens is 364 g/mol. The summed E-state index contributed by atoms with van der Waals surface area (Å²) >= 11 is 0. The normalized spacial score (nSPS) is 14.3. The molecule has 0 heterocycles. The van der Waals surface area contributed by atoms with E-state index in [1.54, 1.807) is 6.07 Å². The number of benzene rings is 1. The van der Waals surface area contributed by atoms with E-state index in [1.165, 1.54) is 0 Å². The van der Waals surface area contributed by atoms with Crippen LogP contribution in [0.2, 0.25) is 0 Å². The molecule has 1 aliphatic carbocycles. The fourth-order valence-corrected chi connectivity index (χ4v) is 3.64. The average molecular weight is 397 g/mol. The molecule has 0 bridgehead atoms. The molecule has 0 aliphatic heterocycles. The summed E-state index contributed by atoms with van der Waals surface area (Å²) < 4.78 is 28.8. The van der Waals surface area contributed by atoms with Gasteiger partial charge >= 0.3 is 10.1 Å². The van der Waals surface area contributed by atoms with Crippen LogP contribution in [-0.4, -0.2) is 44.6 Å². The molecule has 1 saturated carbocycles. The number of anilines is 1. The van der Waals surface area contributed by atoms with E-state index in [9.17, 15) is 13.2 Å². The van der Waals surface area contributed by atoms with E-state index >= 15 is 0 Å². The smallest absolute Gasteiger partial charge is 0.306 e. The monoisotopic (exact) mass is 396 g/mol. The predicted molar refractivity (Wildman–Crippen MR) is 109 cm³/mol. The summed E-state index contributed by atoms with van der Waals surface area (Å²) in [4.78, 5) is 16.7. The van der Waals surface area contributed by atoms with Gasteiger partial charge in [0.15, 0.2) is 0 Å². The summed E-state index contributed by atoms with van der Waals surface area (Å²) in [6.45, 7) is 10.2. The van der Waals surface area contributed by atoms with Crippen molar-refractivity contribution < 1.29 is 17.4 Å². The Morgan fingerprint density at radius 2 is 1.85 bits per heavy atom. The second-order valence-electron chi connectivity index (χ2n) is 7.60. The Bertz CT molecular complexity index is 753. The first kappa shape index (κ1) is 21.5. The van der Waals surface area contributed by atoms with Gasteiger partial charge in [-0.1, -0.05) is 19.9 Å². The third-order valence-electron chi connectivity index (χ3n) is 4.65. The first-order valence-corrected chi connectivity index (χ1v) is 11.5. The molecule has 0 atom stereocenters. The summed E-state index contributed by atoms with van der Waals surface area (Å²) in [6, 6.07) is 5.87. The molecule has 0 spiro atoms. The second kappa shape index (κ2) is 8.95. The molecule has 152 valence electrons. The van der Waals surface area contributed by atoms with E-state index in [0.717, 1.165) is 43.4 Å². The van der Waals surface area contributed by atoms with Crippen molar-refractivity contribution in [2.45, 2.75) is 59.5 Å². The highest BCUT2D eigenvalue weighted by atomic mass is 32.2. The molecule has 1 aromatic rings. The Balaban J connectivity index is 2.34. The van der Waals surface area contributed by atoms with E-state index in [2.05, 4.69) is 4.90 Å². The zero-order valence-corrected chi connectivity index (χ0v) is 17.9. The minimum Gasteiger partial charge on any atom is -0.382 e. The van der Waals surface area contributed by atoms with Crippen LogP contribution in [0.15, 0.2) is 18.2 Å². The minimum absolute atomic E-state index is 0.116. The Morgan fingerprint density at radius 3 is 2.33 bits per heavy atom. The van der Waals surface area contributed by atoms with Gasteiger partial charge in [0.2, 0.25) is 5.91 Å². The molecular formula is C20H32N2O4S. The van der Waals surface area contributed by atoms with Crippen molar-refractivity contribution in [3.05, 3.63) is 23.8 Å². The van der Waals surface area contributed by atoms with Gasteiger partial charge in [0.25, 0.3) is 0 Å². The molecule has 0 aromatic heterocycles. The van der Waals surface area contributed by atoms with Crippen LogP contribution in [0.4, 0.5) is 5.69 Å². The van der Waals surface area contributed by atoms with Crippen molar-refractivity contribution >= 4 is 21.7 Å². The molecule has 1 fully saturated rings. The molecule has 0 N–H and O–H groups in total. The molecule has 6 nitrogen and oxygen atoms in total. The lowest BCUT2D eigenvalue weighted by Crippen LogP contribution is -2.33. The Kier molecular flexibility index (Phi) is 7.14. The third kappa shape index (κ3) is 6.41. The molecule has 1 aromatic carbocycles. The van der Waals surface area contributed by atoms with Gasteiger partial charge in [-0.05, 0) is 38.7 Å². The molecule has 0 radical (unpaired) electrons. The maximum Gasteiger partial charge on any atom is 0.306 e. The fraction of sp³-hybridized carbons (Fsp3) is 0.650. The summed E-state index contributed by atoms with van der Waals surface area (Å²) in [6.07, 6.45) is 3.55. The lowest BCUT2D eigenvalue weighted by molar-refractivity contribution is -0.133. The van der Waals surface area contributed by atoms with E-state index < -0.39 is 10.1 Å². The Morgan fingerprint density at radius 1 is 1.22 bits per heavy atom. The Hall–Kier alpha value is -1.76. The summed E-state index contributed by atoms with van der Waals surface area (Å²) in [5.74, 6) is 0.714. The van der Waals surface area contributed by atoms with E-state index in [-0.39, 0.29) is 17.9 Å². The number of nitrogens with zero attached hydrogens (tertiary/aromatic N) is 2. The fourth-order valence-electron chi connectivity index (χ4n) is 3.16. The van der Waals surface area contributed by atoms with Crippen LogP contribution in [0, 0.1) is 5.92 Å². The van der Waals surface area contributed by atoms with Crippen LogP contribution < -0.4 is 9.08 Å². The number of rotatable bonds is 10. The number of carbonyl (C=O) groups is 1. The molecule has 0 unspecified atom stereocenters. The maximum absolute atomic E-state index is 12.7. The van der Waals surface area contributed by atoms with Gasteiger partial charge in [0.1, 0.15) is 5.75 Å².